The summed E-state index contributed by atoms with van der Waals surface area (Å²) in [7, 11) is 0. The van der Waals surface area contributed by atoms with Crippen molar-refractivity contribution in [1.82, 2.24) is 15.5 Å². The van der Waals surface area contributed by atoms with Crippen LogP contribution in [0.3, 0.4) is 0 Å². The van der Waals surface area contributed by atoms with E-state index in [-0.39, 0.29) is 25.0 Å². The number of carbonyl (C=O) groups is 3. The molecule has 0 aliphatic carbocycles. The van der Waals surface area contributed by atoms with Gasteiger partial charge in [0.15, 0.2) is 0 Å². The Morgan fingerprint density at radius 1 is 1.50 bits per heavy atom. The fourth-order valence-electron chi connectivity index (χ4n) is 2.17. The molecule has 8 heteroatoms. The highest BCUT2D eigenvalue weighted by molar-refractivity contribution is 6.07. The number of urea groups is 1. The molecule has 2 rings (SSSR count). The van der Waals surface area contributed by atoms with Crippen LogP contribution in [-0.4, -0.2) is 61.1 Å². The summed E-state index contributed by atoms with van der Waals surface area (Å²) >= 11 is 0. The van der Waals surface area contributed by atoms with Gasteiger partial charge in [-0.05, 0) is 6.42 Å². The van der Waals surface area contributed by atoms with Crippen LogP contribution in [0.15, 0.2) is 0 Å². The summed E-state index contributed by atoms with van der Waals surface area (Å²) in [6, 6.07) is -0.506. The fourth-order valence-corrected chi connectivity index (χ4v) is 2.17. The van der Waals surface area contributed by atoms with Crippen LogP contribution >= 0.6 is 0 Å². The van der Waals surface area contributed by atoms with Crippen molar-refractivity contribution in [1.29, 1.82) is 0 Å². The molecule has 2 aliphatic rings. The van der Waals surface area contributed by atoms with E-state index in [9.17, 15) is 14.4 Å². The molecule has 0 saturated carbocycles. The average Bonchev–Trinajstić information content (AvgIpc) is 2.85. The number of carbonyl (C=O) groups excluding carboxylic acids is 3. The summed E-state index contributed by atoms with van der Waals surface area (Å²) < 4.78 is 5.05. The molecule has 1 atom stereocenters. The highest BCUT2D eigenvalue weighted by Crippen LogP contribution is 2.24. The molecule has 0 aromatic rings. The predicted molar refractivity (Wildman–Crippen MR) is 60.5 cm³/mol. The van der Waals surface area contributed by atoms with Crippen molar-refractivity contribution >= 4 is 17.8 Å². The van der Waals surface area contributed by atoms with Gasteiger partial charge in [0.25, 0.3) is 5.91 Å². The van der Waals surface area contributed by atoms with Crippen molar-refractivity contribution in [2.45, 2.75) is 12.0 Å². The largest absolute Gasteiger partial charge is 0.370 e. The number of imide groups is 1. The van der Waals surface area contributed by atoms with Crippen molar-refractivity contribution in [3.8, 4) is 0 Å². The van der Waals surface area contributed by atoms with E-state index >= 15 is 0 Å². The Balaban J connectivity index is 1.90. The van der Waals surface area contributed by atoms with Crippen molar-refractivity contribution in [3.63, 3.8) is 0 Å². The van der Waals surface area contributed by atoms with E-state index in [4.69, 9.17) is 10.5 Å². The SMILES string of the molecule is NCCOCC(=O)N1CCC2(C1)NC(=O)NC2=O. The Bertz CT molecular complexity index is 386. The number of rotatable bonds is 4. The number of ether oxygens (including phenoxy) is 1. The Kier molecular flexibility index (Phi) is 3.48. The van der Waals surface area contributed by atoms with Gasteiger partial charge >= 0.3 is 6.03 Å². The molecule has 8 nitrogen and oxygen atoms in total. The molecular formula is C10H16N4O4. The molecule has 2 saturated heterocycles. The number of nitrogens with zero attached hydrogens (tertiary/aromatic N) is 1. The predicted octanol–water partition coefficient (Wildman–Crippen LogP) is -2.23. The third kappa shape index (κ3) is 2.29. The third-order valence-corrected chi connectivity index (χ3v) is 3.12. The standard InChI is InChI=1S/C10H16N4O4/c11-2-4-18-5-7(15)14-3-1-10(6-14)8(16)12-9(17)13-10/h1-6,11H2,(H2,12,13,16,17). The Hall–Kier alpha value is -1.67. The monoisotopic (exact) mass is 256 g/mol. The van der Waals surface area contributed by atoms with Crippen LogP contribution in [-0.2, 0) is 14.3 Å². The van der Waals surface area contributed by atoms with E-state index in [1.54, 1.807) is 0 Å². The van der Waals surface area contributed by atoms with Gasteiger partial charge in [0.2, 0.25) is 5.91 Å². The fraction of sp³-hybridized carbons (Fsp3) is 0.700. The smallest absolute Gasteiger partial charge is 0.322 e. The van der Waals surface area contributed by atoms with E-state index in [1.807, 2.05) is 0 Å². The summed E-state index contributed by atoms with van der Waals surface area (Å²) in [6.45, 7) is 1.24. The molecule has 2 heterocycles. The zero-order valence-electron chi connectivity index (χ0n) is 9.90. The second kappa shape index (κ2) is 4.91. The van der Waals surface area contributed by atoms with E-state index in [0.717, 1.165) is 0 Å². The number of nitrogens with two attached hydrogens (primary N) is 1. The summed E-state index contributed by atoms with van der Waals surface area (Å²) in [6.07, 6.45) is 0.424. The van der Waals surface area contributed by atoms with Gasteiger partial charge in [-0.3, -0.25) is 14.9 Å². The van der Waals surface area contributed by atoms with E-state index in [2.05, 4.69) is 10.6 Å². The van der Waals surface area contributed by atoms with Crippen LogP contribution in [0.25, 0.3) is 0 Å². The summed E-state index contributed by atoms with van der Waals surface area (Å²) in [5, 5.41) is 4.76. The van der Waals surface area contributed by atoms with Crippen molar-refractivity contribution in [3.05, 3.63) is 0 Å². The first-order chi connectivity index (χ1) is 8.57. The second-order valence-electron chi connectivity index (χ2n) is 4.40. The average molecular weight is 256 g/mol. The maximum atomic E-state index is 11.8. The Morgan fingerprint density at radius 2 is 2.28 bits per heavy atom. The van der Waals surface area contributed by atoms with Gasteiger partial charge in [-0.2, -0.15) is 0 Å². The Labute approximate surface area is 104 Å². The maximum absolute atomic E-state index is 11.8. The first-order valence-corrected chi connectivity index (χ1v) is 5.76. The maximum Gasteiger partial charge on any atom is 0.322 e. The minimum atomic E-state index is -0.958. The van der Waals surface area contributed by atoms with Crippen LogP contribution in [0.4, 0.5) is 4.79 Å². The summed E-state index contributed by atoms with van der Waals surface area (Å²) in [5.74, 6) is -0.569. The van der Waals surface area contributed by atoms with Gasteiger partial charge in [-0.1, -0.05) is 0 Å². The molecule has 0 aromatic carbocycles. The van der Waals surface area contributed by atoms with Gasteiger partial charge in [-0.15, -0.1) is 0 Å². The number of nitrogens with one attached hydrogen (secondary N) is 2. The molecule has 100 valence electrons. The first-order valence-electron chi connectivity index (χ1n) is 5.76. The number of hydrogen-bond acceptors (Lipinski definition) is 5. The molecule has 1 unspecified atom stereocenters. The lowest BCUT2D eigenvalue weighted by Gasteiger charge is -2.21. The van der Waals surface area contributed by atoms with Gasteiger partial charge in [-0.25, -0.2) is 4.79 Å². The lowest BCUT2D eigenvalue weighted by atomic mass is 10.00. The van der Waals surface area contributed by atoms with Gasteiger partial charge < -0.3 is 20.7 Å². The van der Waals surface area contributed by atoms with E-state index < -0.39 is 11.6 Å². The van der Waals surface area contributed by atoms with Crippen LogP contribution in [0.2, 0.25) is 0 Å². The van der Waals surface area contributed by atoms with Gasteiger partial charge in [0.1, 0.15) is 12.1 Å². The van der Waals surface area contributed by atoms with Crippen LogP contribution in [0, 0.1) is 0 Å². The van der Waals surface area contributed by atoms with Crippen LogP contribution in [0.1, 0.15) is 6.42 Å². The quantitative estimate of drug-likeness (QED) is 0.389. The zero-order chi connectivity index (χ0) is 13.2. The molecule has 0 aromatic heterocycles. The molecule has 0 bridgehead atoms. The molecule has 2 aliphatic heterocycles. The zero-order valence-corrected chi connectivity index (χ0v) is 9.90. The Morgan fingerprint density at radius 3 is 2.89 bits per heavy atom. The van der Waals surface area contributed by atoms with Gasteiger partial charge in [0, 0.05) is 13.1 Å². The van der Waals surface area contributed by atoms with Gasteiger partial charge in [0.05, 0.1) is 13.2 Å². The molecule has 4 N–H and O–H groups in total. The van der Waals surface area contributed by atoms with Crippen molar-refractivity contribution in [2.24, 2.45) is 5.73 Å². The minimum absolute atomic E-state index is 0.0527. The van der Waals surface area contributed by atoms with Crippen molar-refractivity contribution < 1.29 is 19.1 Å². The lowest BCUT2D eigenvalue weighted by molar-refractivity contribution is -0.135. The minimum Gasteiger partial charge on any atom is -0.370 e. The normalized spacial score (nSPS) is 26.6. The lowest BCUT2D eigenvalue weighted by Crippen LogP contribution is -2.50. The van der Waals surface area contributed by atoms with Crippen LogP contribution in [0.5, 0.6) is 0 Å². The third-order valence-electron chi connectivity index (χ3n) is 3.12. The first kappa shape index (κ1) is 12.8. The molecular weight excluding hydrogens is 240 g/mol. The summed E-state index contributed by atoms with van der Waals surface area (Å²) in [4.78, 5) is 36.1. The van der Waals surface area contributed by atoms with E-state index in [0.29, 0.717) is 26.1 Å². The number of hydrogen-bond donors (Lipinski definition) is 3. The molecule has 1 spiro atoms. The molecule has 0 radical (unpaired) electrons. The number of amides is 4. The van der Waals surface area contributed by atoms with Crippen LogP contribution < -0.4 is 16.4 Å². The highest BCUT2D eigenvalue weighted by Gasteiger charge is 2.51. The summed E-state index contributed by atoms with van der Waals surface area (Å²) in [5.41, 5.74) is 4.29. The van der Waals surface area contributed by atoms with Crippen molar-refractivity contribution in [2.75, 3.05) is 32.8 Å². The molecule has 18 heavy (non-hydrogen) atoms. The second-order valence-corrected chi connectivity index (χ2v) is 4.40. The number of likely N-dealkylation sites (tertiary alicyclic amines) is 1. The topological polar surface area (TPSA) is 114 Å². The highest BCUT2D eigenvalue weighted by atomic mass is 16.5. The molecule has 4 amide bonds. The molecule has 2 fully saturated rings. The van der Waals surface area contributed by atoms with E-state index in [1.165, 1.54) is 4.90 Å².